The molecule has 0 fully saturated rings. The normalized spacial score (nSPS) is 11.5. The first-order valence-electron chi connectivity index (χ1n) is 4.56. The Hall–Kier alpha value is -1.51. The summed E-state index contributed by atoms with van der Waals surface area (Å²) in [5, 5.41) is 0. The van der Waals surface area contributed by atoms with Crippen molar-refractivity contribution in [3.05, 3.63) is 29.7 Å². The fourth-order valence-corrected chi connectivity index (χ4v) is 1.24. The Kier molecular flexibility index (Phi) is 3.51. The molecule has 1 aromatic rings. The summed E-state index contributed by atoms with van der Waals surface area (Å²) in [5.41, 5.74) is 1.08. The van der Waals surface area contributed by atoms with Crippen molar-refractivity contribution in [2.75, 3.05) is 7.11 Å². The minimum absolute atomic E-state index is 0.246. The first-order chi connectivity index (χ1) is 6.72. The summed E-state index contributed by atoms with van der Waals surface area (Å²) < 4.78 is 9.88. The number of hydrogen-bond acceptors (Lipinski definition) is 3. The lowest BCUT2D eigenvalue weighted by Crippen LogP contribution is -1.98. The fraction of sp³-hybridized carbons (Fsp3) is 0.364. The molecule has 0 aliphatic carbocycles. The van der Waals surface area contributed by atoms with Gasteiger partial charge in [0, 0.05) is 0 Å². The van der Waals surface area contributed by atoms with Crippen LogP contribution >= 0.6 is 0 Å². The van der Waals surface area contributed by atoms with E-state index in [1.807, 2.05) is 19.9 Å². The van der Waals surface area contributed by atoms with Crippen LogP contribution in [0.25, 0.3) is 5.57 Å². The Balaban J connectivity index is 2.93. The number of hydrogen-bond donors (Lipinski definition) is 0. The Labute approximate surface area is 83.4 Å². The van der Waals surface area contributed by atoms with Crippen molar-refractivity contribution in [2.45, 2.75) is 20.3 Å². The molecule has 0 radical (unpaired) electrons. The number of allylic oxidation sites excluding steroid dienone is 2. The number of carbonyl (C=O) groups excluding carboxylic acids is 1. The Morgan fingerprint density at radius 2 is 2.14 bits per heavy atom. The van der Waals surface area contributed by atoms with Gasteiger partial charge >= 0.3 is 5.97 Å². The molecule has 0 aliphatic rings. The van der Waals surface area contributed by atoms with Gasteiger partial charge < -0.3 is 9.15 Å². The summed E-state index contributed by atoms with van der Waals surface area (Å²) in [7, 11) is 1.33. The highest BCUT2D eigenvalue weighted by Gasteiger charge is 2.12. The minimum atomic E-state index is -0.442. The number of rotatable bonds is 3. The predicted molar refractivity (Wildman–Crippen MR) is 54.0 cm³/mol. The second kappa shape index (κ2) is 4.65. The summed E-state index contributed by atoms with van der Waals surface area (Å²) in [5.74, 6) is 0.536. The van der Waals surface area contributed by atoms with E-state index in [0.717, 1.165) is 17.8 Å². The van der Waals surface area contributed by atoms with E-state index in [9.17, 15) is 4.79 Å². The molecule has 0 aliphatic heterocycles. The van der Waals surface area contributed by atoms with E-state index in [0.29, 0.717) is 0 Å². The molecule has 0 saturated heterocycles. The van der Waals surface area contributed by atoms with Crippen LogP contribution in [0.1, 0.15) is 36.6 Å². The number of esters is 1. The fourth-order valence-electron chi connectivity index (χ4n) is 1.24. The van der Waals surface area contributed by atoms with Crippen molar-refractivity contribution in [3.63, 3.8) is 0 Å². The summed E-state index contributed by atoms with van der Waals surface area (Å²) in [6, 6.07) is 3.41. The summed E-state index contributed by atoms with van der Waals surface area (Å²) >= 11 is 0. The second-order valence-corrected chi connectivity index (χ2v) is 2.82. The van der Waals surface area contributed by atoms with Gasteiger partial charge in [-0.05, 0) is 31.1 Å². The van der Waals surface area contributed by atoms with Gasteiger partial charge in [-0.2, -0.15) is 0 Å². The van der Waals surface area contributed by atoms with Gasteiger partial charge in [0.2, 0.25) is 5.76 Å². The van der Waals surface area contributed by atoms with Crippen molar-refractivity contribution < 1.29 is 13.9 Å². The average Bonchev–Trinajstić information content (AvgIpc) is 2.68. The van der Waals surface area contributed by atoms with Crippen molar-refractivity contribution in [3.8, 4) is 0 Å². The molecule has 1 aromatic heterocycles. The average molecular weight is 194 g/mol. The lowest BCUT2D eigenvalue weighted by Gasteiger charge is -1.98. The molecular weight excluding hydrogens is 180 g/mol. The van der Waals surface area contributed by atoms with E-state index >= 15 is 0 Å². The van der Waals surface area contributed by atoms with Gasteiger partial charge in [-0.15, -0.1) is 0 Å². The number of furan rings is 1. The van der Waals surface area contributed by atoms with Crippen LogP contribution < -0.4 is 0 Å². The van der Waals surface area contributed by atoms with E-state index in [1.165, 1.54) is 7.11 Å². The van der Waals surface area contributed by atoms with Crippen LogP contribution in [0.3, 0.4) is 0 Å². The summed E-state index contributed by atoms with van der Waals surface area (Å²) in [6.07, 6.45) is 2.85. The molecule has 0 N–H and O–H groups in total. The molecule has 0 atom stereocenters. The number of carbonyl (C=O) groups is 1. The summed E-state index contributed by atoms with van der Waals surface area (Å²) in [4.78, 5) is 11.1. The standard InChI is InChI=1S/C11H14O3/c1-4-8(5-2)9-6-7-10(14-9)11(12)13-3/h4,6-7H,5H2,1-3H3. The quantitative estimate of drug-likeness (QED) is 0.694. The third-order valence-electron chi connectivity index (χ3n) is 2.04. The lowest BCUT2D eigenvalue weighted by molar-refractivity contribution is 0.0564. The Morgan fingerprint density at radius 1 is 1.50 bits per heavy atom. The van der Waals surface area contributed by atoms with E-state index < -0.39 is 5.97 Å². The monoisotopic (exact) mass is 194 g/mol. The zero-order chi connectivity index (χ0) is 10.6. The van der Waals surface area contributed by atoms with Gasteiger partial charge in [-0.3, -0.25) is 0 Å². The predicted octanol–water partition coefficient (Wildman–Crippen LogP) is 2.88. The molecular formula is C11H14O3. The van der Waals surface area contributed by atoms with E-state index in [4.69, 9.17) is 4.42 Å². The highest BCUT2D eigenvalue weighted by molar-refractivity contribution is 5.86. The van der Waals surface area contributed by atoms with Gasteiger partial charge in [0.05, 0.1) is 7.11 Å². The van der Waals surface area contributed by atoms with Crippen LogP contribution in [0.5, 0.6) is 0 Å². The Morgan fingerprint density at radius 3 is 2.64 bits per heavy atom. The highest BCUT2D eigenvalue weighted by Crippen LogP contribution is 2.20. The van der Waals surface area contributed by atoms with Crippen LogP contribution in [0.4, 0.5) is 0 Å². The SMILES string of the molecule is CC=C(CC)c1ccc(C(=O)OC)o1. The molecule has 0 aromatic carbocycles. The topological polar surface area (TPSA) is 39.4 Å². The Bertz CT molecular complexity index is 347. The van der Waals surface area contributed by atoms with Crippen molar-refractivity contribution in [1.82, 2.24) is 0 Å². The largest absolute Gasteiger partial charge is 0.463 e. The van der Waals surface area contributed by atoms with Gasteiger partial charge in [0.15, 0.2) is 0 Å². The van der Waals surface area contributed by atoms with Gasteiger partial charge in [0.1, 0.15) is 5.76 Å². The van der Waals surface area contributed by atoms with Crippen molar-refractivity contribution in [1.29, 1.82) is 0 Å². The molecule has 0 amide bonds. The maximum Gasteiger partial charge on any atom is 0.373 e. The highest BCUT2D eigenvalue weighted by atomic mass is 16.5. The van der Waals surface area contributed by atoms with Crippen molar-refractivity contribution in [2.24, 2.45) is 0 Å². The molecule has 1 heterocycles. The maximum absolute atomic E-state index is 11.1. The molecule has 3 nitrogen and oxygen atoms in total. The van der Waals surface area contributed by atoms with Crippen LogP contribution in [0, 0.1) is 0 Å². The molecule has 0 bridgehead atoms. The third kappa shape index (κ3) is 2.05. The van der Waals surface area contributed by atoms with Crippen molar-refractivity contribution >= 4 is 11.5 Å². The third-order valence-corrected chi connectivity index (χ3v) is 2.04. The molecule has 0 unspecified atom stereocenters. The van der Waals surface area contributed by atoms with E-state index in [-0.39, 0.29) is 5.76 Å². The van der Waals surface area contributed by atoms with Crippen LogP contribution in [-0.4, -0.2) is 13.1 Å². The molecule has 0 saturated carbocycles. The van der Waals surface area contributed by atoms with Gasteiger partial charge in [-0.1, -0.05) is 13.0 Å². The van der Waals surface area contributed by atoms with Crippen LogP contribution in [-0.2, 0) is 4.74 Å². The molecule has 76 valence electrons. The molecule has 0 spiro atoms. The van der Waals surface area contributed by atoms with E-state index in [1.54, 1.807) is 12.1 Å². The van der Waals surface area contributed by atoms with Crippen LogP contribution in [0.2, 0.25) is 0 Å². The molecule has 1 rings (SSSR count). The van der Waals surface area contributed by atoms with Gasteiger partial charge in [0.25, 0.3) is 0 Å². The summed E-state index contributed by atoms with van der Waals surface area (Å²) in [6.45, 7) is 3.98. The van der Waals surface area contributed by atoms with E-state index in [2.05, 4.69) is 4.74 Å². The first kappa shape index (κ1) is 10.6. The number of methoxy groups -OCH3 is 1. The molecule has 3 heteroatoms. The maximum atomic E-state index is 11.1. The smallest absolute Gasteiger partial charge is 0.373 e. The number of ether oxygens (including phenoxy) is 1. The molecule has 14 heavy (non-hydrogen) atoms. The van der Waals surface area contributed by atoms with Gasteiger partial charge in [-0.25, -0.2) is 4.79 Å². The zero-order valence-corrected chi connectivity index (χ0v) is 8.66. The first-order valence-corrected chi connectivity index (χ1v) is 4.56. The minimum Gasteiger partial charge on any atom is -0.463 e. The lowest BCUT2D eigenvalue weighted by atomic mass is 10.1. The second-order valence-electron chi connectivity index (χ2n) is 2.82. The van der Waals surface area contributed by atoms with Crippen LogP contribution in [0.15, 0.2) is 22.6 Å². The zero-order valence-electron chi connectivity index (χ0n) is 8.66.